The fourth-order valence-corrected chi connectivity index (χ4v) is 8.29. The van der Waals surface area contributed by atoms with E-state index in [9.17, 15) is 0 Å². The van der Waals surface area contributed by atoms with Gasteiger partial charge in [-0.2, -0.15) is 0 Å². The van der Waals surface area contributed by atoms with E-state index in [1.165, 1.54) is 55.6 Å². The normalized spacial score (nSPS) is 22.4. The van der Waals surface area contributed by atoms with Crippen LogP contribution < -0.4 is 9.64 Å². The van der Waals surface area contributed by atoms with E-state index >= 15 is 0 Å². The summed E-state index contributed by atoms with van der Waals surface area (Å²) in [6, 6.07) is 41.6. The Hall–Kier alpha value is -5.34. The molecular weight excluding hydrogens is 571 g/mol. The molecule has 3 unspecified atom stereocenters. The van der Waals surface area contributed by atoms with Crippen LogP contribution in [0.15, 0.2) is 169 Å². The van der Waals surface area contributed by atoms with Gasteiger partial charge in [-0.05, 0) is 76.8 Å². The molecule has 9 rings (SSSR count). The summed E-state index contributed by atoms with van der Waals surface area (Å²) >= 11 is 0. The lowest BCUT2D eigenvalue weighted by Crippen LogP contribution is -2.22. The van der Waals surface area contributed by atoms with E-state index in [0.29, 0.717) is 11.8 Å². The van der Waals surface area contributed by atoms with E-state index < -0.39 is 0 Å². The van der Waals surface area contributed by atoms with Crippen LogP contribution in [-0.4, -0.2) is 0 Å². The zero-order valence-electron chi connectivity index (χ0n) is 26.6. The summed E-state index contributed by atoms with van der Waals surface area (Å²) in [4.78, 5) is 2.44. The molecule has 0 radical (unpaired) electrons. The highest BCUT2D eigenvalue weighted by Gasteiger charge is 2.43. The van der Waals surface area contributed by atoms with Gasteiger partial charge in [-0.3, -0.25) is 0 Å². The Bertz CT molecular complexity index is 2160. The smallest absolute Gasteiger partial charge is 0.135 e. The molecule has 5 aromatic rings. The first-order chi connectivity index (χ1) is 23.3. The zero-order chi connectivity index (χ0) is 31.3. The van der Waals surface area contributed by atoms with E-state index in [2.05, 4.69) is 170 Å². The molecule has 0 aromatic heterocycles. The molecule has 0 saturated heterocycles. The lowest BCUT2D eigenvalue weighted by atomic mass is 9.70. The number of hydrogen-bond acceptors (Lipinski definition) is 2. The van der Waals surface area contributed by atoms with Crippen LogP contribution in [0.2, 0.25) is 0 Å². The van der Waals surface area contributed by atoms with Gasteiger partial charge >= 0.3 is 0 Å². The summed E-state index contributed by atoms with van der Waals surface area (Å²) in [5, 5.41) is 2.46. The molecule has 5 aromatic carbocycles. The van der Waals surface area contributed by atoms with Crippen molar-refractivity contribution in [3.8, 4) is 5.75 Å². The third-order valence-corrected chi connectivity index (χ3v) is 10.5. The van der Waals surface area contributed by atoms with Crippen LogP contribution in [0.4, 0.5) is 17.1 Å². The lowest BCUT2D eigenvalue weighted by molar-refractivity contribution is 0.222. The van der Waals surface area contributed by atoms with Crippen molar-refractivity contribution in [1.82, 2.24) is 0 Å². The van der Waals surface area contributed by atoms with Gasteiger partial charge in [-0.1, -0.05) is 134 Å². The molecule has 1 aliphatic heterocycles. The maximum atomic E-state index is 6.96. The number of para-hydroxylation sites is 1. The first-order valence-corrected chi connectivity index (χ1v) is 16.9. The van der Waals surface area contributed by atoms with Crippen LogP contribution in [0.25, 0.3) is 16.3 Å². The van der Waals surface area contributed by atoms with E-state index in [4.69, 9.17) is 4.74 Å². The number of benzene rings is 5. The fourth-order valence-electron chi connectivity index (χ4n) is 8.29. The summed E-state index contributed by atoms with van der Waals surface area (Å²) in [6.45, 7) is 2.36. The maximum Gasteiger partial charge on any atom is 0.135 e. The minimum absolute atomic E-state index is 0.0708. The quantitative estimate of drug-likeness (QED) is 0.197. The summed E-state index contributed by atoms with van der Waals surface area (Å²) in [7, 11) is 0. The van der Waals surface area contributed by atoms with Gasteiger partial charge in [-0.25, -0.2) is 0 Å². The lowest BCUT2D eigenvalue weighted by Gasteiger charge is -2.35. The Labute approximate surface area is 277 Å². The minimum Gasteiger partial charge on any atom is -0.484 e. The molecule has 0 amide bonds. The highest BCUT2D eigenvalue weighted by molar-refractivity contribution is 5.99. The van der Waals surface area contributed by atoms with Crippen LogP contribution in [0, 0.1) is 11.8 Å². The van der Waals surface area contributed by atoms with Gasteiger partial charge in [0, 0.05) is 34.0 Å². The molecule has 47 heavy (non-hydrogen) atoms. The summed E-state index contributed by atoms with van der Waals surface area (Å²) in [5.74, 6) is 1.85. The first kappa shape index (κ1) is 27.9. The Morgan fingerprint density at radius 1 is 0.638 bits per heavy atom. The predicted molar refractivity (Wildman–Crippen MR) is 195 cm³/mol. The van der Waals surface area contributed by atoms with Crippen LogP contribution in [0.3, 0.4) is 0 Å². The van der Waals surface area contributed by atoms with Crippen LogP contribution >= 0.6 is 0 Å². The molecule has 4 aliphatic rings. The number of allylic oxidation sites excluding steroid dienone is 9. The minimum atomic E-state index is -0.0708. The molecule has 0 saturated carbocycles. The van der Waals surface area contributed by atoms with Gasteiger partial charge in [-0.15, -0.1) is 0 Å². The second-order valence-corrected chi connectivity index (χ2v) is 13.2. The van der Waals surface area contributed by atoms with Crippen molar-refractivity contribution >= 4 is 33.4 Å². The molecular formula is C45H37NO. The molecule has 3 aliphatic carbocycles. The Morgan fingerprint density at radius 2 is 1.36 bits per heavy atom. The van der Waals surface area contributed by atoms with Gasteiger partial charge in [0.15, 0.2) is 0 Å². The van der Waals surface area contributed by atoms with Crippen LogP contribution in [0.5, 0.6) is 5.75 Å². The number of hydrogen-bond donors (Lipinski definition) is 0. The van der Waals surface area contributed by atoms with Crippen molar-refractivity contribution in [3.63, 3.8) is 0 Å². The van der Waals surface area contributed by atoms with Crippen molar-refractivity contribution < 1.29 is 4.74 Å². The molecule has 4 atom stereocenters. The third kappa shape index (κ3) is 4.62. The highest BCUT2D eigenvalue weighted by Crippen LogP contribution is 2.58. The van der Waals surface area contributed by atoms with Gasteiger partial charge in [0.1, 0.15) is 11.9 Å². The standard InChI is InChI=1S/C45H37NO/c1-30-15-5-7-20-33(30)35-22-9-10-23-36(35)39-29-40-44-42(27-14-28-43(44)47-45(40)38-25-12-11-24-37(38)39)46(32-18-3-2-4-19-32)41-26-13-17-31-16-6-8-21-34(31)41/h2-14,16-22,24-30,36,40,45H,15,23H2,1H3/t30?,36-,40?,45?/m1/s1. The maximum absolute atomic E-state index is 6.96. The molecule has 0 N–H and O–H groups in total. The molecule has 0 spiro atoms. The second-order valence-electron chi connectivity index (χ2n) is 13.2. The SMILES string of the molecule is CC1CC=CC=C1C1=CC=CC[C@H]1C1=CC2c3c(cccc3N(c3ccccc3)c3cccc4ccccc34)OC2c2ccccc21. The number of nitrogens with zero attached hydrogens (tertiary/aromatic N) is 1. The summed E-state index contributed by atoms with van der Waals surface area (Å²) < 4.78 is 6.96. The number of anilines is 3. The van der Waals surface area contributed by atoms with Crippen LogP contribution in [0.1, 0.15) is 48.5 Å². The number of rotatable bonds is 5. The first-order valence-electron chi connectivity index (χ1n) is 16.9. The van der Waals surface area contributed by atoms with E-state index in [1.54, 1.807) is 0 Å². The van der Waals surface area contributed by atoms with E-state index in [0.717, 1.165) is 24.3 Å². The molecule has 228 valence electrons. The predicted octanol–water partition coefficient (Wildman–Crippen LogP) is 11.9. The Kier molecular flexibility index (Phi) is 6.82. The van der Waals surface area contributed by atoms with Gasteiger partial charge in [0.05, 0.1) is 11.4 Å². The third-order valence-electron chi connectivity index (χ3n) is 10.5. The monoisotopic (exact) mass is 607 g/mol. The molecule has 0 bridgehead atoms. The van der Waals surface area contributed by atoms with E-state index in [1.807, 2.05) is 0 Å². The molecule has 0 fully saturated rings. The van der Waals surface area contributed by atoms with Crippen molar-refractivity contribution in [3.05, 3.63) is 186 Å². The topological polar surface area (TPSA) is 12.5 Å². The van der Waals surface area contributed by atoms with E-state index in [-0.39, 0.29) is 12.0 Å². The summed E-state index contributed by atoms with van der Waals surface area (Å²) in [6.07, 6.45) is 18.4. The highest BCUT2D eigenvalue weighted by atomic mass is 16.5. The van der Waals surface area contributed by atoms with Crippen molar-refractivity contribution in [1.29, 1.82) is 0 Å². The Morgan fingerprint density at radius 3 is 2.26 bits per heavy atom. The number of ether oxygens (including phenoxy) is 1. The second kappa shape index (κ2) is 11.5. The largest absolute Gasteiger partial charge is 0.484 e. The zero-order valence-corrected chi connectivity index (χ0v) is 26.6. The van der Waals surface area contributed by atoms with Crippen molar-refractivity contribution in [2.45, 2.75) is 31.8 Å². The van der Waals surface area contributed by atoms with Crippen molar-refractivity contribution in [2.75, 3.05) is 4.90 Å². The van der Waals surface area contributed by atoms with Crippen LogP contribution in [-0.2, 0) is 0 Å². The Balaban J connectivity index is 1.24. The number of fused-ring (bicyclic) bond motifs is 6. The molecule has 1 heterocycles. The average Bonchev–Trinajstić information content (AvgIpc) is 3.52. The average molecular weight is 608 g/mol. The van der Waals surface area contributed by atoms with Gasteiger partial charge in [0.2, 0.25) is 0 Å². The van der Waals surface area contributed by atoms with Crippen molar-refractivity contribution in [2.24, 2.45) is 11.8 Å². The molecule has 2 nitrogen and oxygen atoms in total. The fraction of sp³-hybridized carbons (Fsp3) is 0.156. The van der Waals surface area contributed by atoms with Gasteiger partial charge in [0.25, 0.3) is 0 Å². The van der Waals surface area contributed by atoms with Gasteiger partial charge < -0.3 is 9.64 Å². The molecule has 2 heteroatoms. The summed E-state index contributed by atoms with van der Waals surface area (Å²) in [5.41, 5.74) is 11.7.